The number of rotatable bonds is 6. The van der Waals surface area contributed by atoms with Crippen molar-refractivity contribution in [1.29, 1.82) is 0 Å². The molecule has 2 nitrogen and oxygen atoms in total. The maximum Gasteiger partial charge on any atom is -0.147 e. The van der Waals surface area contributed by atoms with Crippen molar-refractivity contribution in [3.05, 3.63) is 58.3 Å². The summed E-state index contributed by atoms with van der Waals surface area (Å²) < 4.78 is 6.72. The Kier molecular flexibility index (Phi) is 13.2. The molecular weight excluding hydrogens is 530 g/mol. The van der Waals surface area contributed by atoms with E-state index in [1.807, 2.05) is 0 Å². The first-order valence-electron chi connectivity index (χ1n) is 13.4. The van der Waals surface area contributed by atoms with Crippen molar-refractivity contribution in [2.45, 2.75) is 121 Å². The van der Waals surface area contributed by atoms with Gasteiger partial charge in [-0.1, -0.05) is 0 Å². The van der Waals surface area contributed by atoms with E-state index < -0.39 is 0 Å². The molecule has 0 N–H and O–H groups in total. The molecule has 0 radical (unpaired) electrons. The normalized spacial score (nSPS) is 17.8. The average molecular weight is 579 g/mol. The fourth-order valence-electron chi connectivity index (χ4n) is 5.36. The molecule has 1 saturated carbocycles. The van der Waals surface area contributed by atoms with Crippen LogP contribution in [0.15, 0.2) is 43.2 Å². The van der Waals surface area contributed by atoms with E-state index in [2.05, 4.69) is 80.1 Å². The molecule has 0 bridgehead atoms. The first kappa shape index (κ1) is 29.4. The number of nitrogens with zero attached hydrogens (tertiary/aromatic N) is 2. The minimum atomic E-state index is 0. The van der Waals surface area contributed by atoms with E-state index in [-0.39, 0.29) is 12.4 Å². The van der Waals surface area contributed by atoms with Gasteiger partial charge >= 0.3 is 212 Å². The van der Waals surface area contributed by atoms with Gasteiger partial charge in [0.1, 0.15) is 0 Å². The van der Waals surface area contributed by atoms with Crippen molar-refractivity contribution in [1.82, 2.24) is 9.13 Å². The molecule has 0 saturated heterocycles. The van der Waals surface area contributed by atoms with Crippen molar-refractivity contribution in [2.75, 3.05) is 0 Å². The van der Waals surface area contributed by atoms with Crippen LogP contribution in [0.25, 0.3) is 5.69 Å². The number of hydrogen-bond donors (Lipinski definition) is 0. The minimum absolute atomic E-state index is 0. The van der Waals surface area contributed by atoms with Crippen LogP contribution in [0.2, 0.25) is 4.89 Å². The second-order valence-electron chi connectivity index (χ2n) is 10.3. The number of benzene rings is 1. The Balaban J connectivity index is 0.00000408. The summed E-state index contributed by atoms with van der Waals surface area (Å²) in [6, 6.07) is 7.58. The predicted octanol–water partition coefficient (Wildman–Crippen LogP) is 10.0. The van der Waals surface area contributed by atoms with Gasteiger partial charge in [-0.25, -0.2) is 0 Å². The summed E-state index contributed by atoms with van der Waals surface area (Å²) in [7, 11) is 0. The number of aromatic nitrogens is 2. The van der Waals surface area contributed by atoms with E-state index in [4.69, 9.17) is 0 Å². The zero-order valence-corrected chi connectivity index (χ0v) is 24.4. The zero-order valence-electron chi connectivity index (χ0n) is 22.0. The van der Waals surface area contributed by atoms with Gasteiger partial charge in [-0.2, -0.15) is 0 Å². The molecule has 34 heavy (non-hydrogen) atoms. The maximum atomic E-state index is 4.05. The molecule has 0 spiro atoms. The number of halogens is 1. The van der Waals surface area contributed by atoms with Crippen LogP contribution in [-0.2, 0) is 17.5 Å². The summed E-state index contributed by atoms with van der Waals surface area (Å²) in [5.74, 6) is 1.05. The van der Waals surface area contributed by atoms with E-state index in [0.29, 0.717) is 35.4 Å². The van der Waals surface area contributed by atoms with Crippen LogP contribution in [0, 0.1) is 3.89 Å². The zero-order chi connectivity index (χ0) is 23.6. The van der Waals surface area contributed by atoms with Crippen LogP contribution >= 0.6 is 12.4 Å². The molecule has 3 rings (SSSR count). The van der Waals surface area contributed by atoms with Gasteiger partial charge in [0.25, 0.3) is 0 Å². The second-order valence-corrected chi connectivity index (χ2v) is 12.2. The number of imidazole rings is 1. The molecule has 0 amide bonds. The van der Waals surface area contributed by atoms with E-state index in [0.717, 1.165) is 4.89 Å². The van der Waals surface area contributed by atoms with Crippen molar-refractivity contribution in [3.8, 4) is 5.69 Å². The third-order valence-corrected chi connectivity index (χ3v) is 9.09. The van der Waals surface area contributed by atoms with Crippen molar-refractivity contribution in [2.24, 2.45) is 0 Å². The molecule has 0 unspecified atom stereocenters. The number of allylic oxidation sites excluding steroid dienone is 1. The molecule has 2 aromatic rings. The quantitative estimate of drug-likeness (QED) is 0.239. The Morgan fingerprint density at radius 3 is 2.00 bits per heavy atom. The third-order valence-electron chi connectivity index (χ3n) is 7.06. The molecular formula is C30H48ClN2Pd. The molecule has 1 aliphatic rings. The van der Waals surface area contributed by atoms with Gasteiger partial charge in [0.15, 0.2) is 0 Å². The summed E-state index contributed by atoms with van der Waals surface area (Å²) in [6.45, 7) is 13.4. The van der Waals surface area contributed by atoms with Crippen molar-refractivity contribution < 1.29 is 17.5 Å². The van der Waals surface area contributed by atoms with E-state index in [1.165, 1.54) is 91.3 Å². The van der Waals surface area contributed by atoms with Crippen LogP contribution in [0.4, 0.5) is 0 Å². The fourth-order valence-corrected chi connectivity index (χ4v) is 7.12. The summed E-state index contributed by atoms with van der Waals surface area (Å²) in [5, 5.41) is 0. The molecule has 0 atom stereocenters. The van der Waals surface area contributed by atoms with E-state index in [1.54, 1.807) is 0 Å². The van der Waals surface area contributed by atoms with Gasteiger partial charge in [0.2, 0.25) is 0 Å². The molecule has 195 valence electrons. The standard InChI is InChI=1S/C27H42N2.C3H5.ClH.Pd/c1-22(2)25-17-14-18-26(27(25)23(3)4)29-20-19-28(21-29)24-15-12-10-8-6-5-7-9-11-13-16-24;1-3-2;;/h14,17-20,22-24H,5-13,15-16H2,1-4H3;3H,1-2H2;1H;. The Morgan fingerprint density at radius 2 is 1.47 bits per heavy atom. The molecule has 0 aliphatic heterocycles. The molecule has 1 aromatic heterocycles. The van der Waals surface area contributed by atoms with E-state index >= 15 is 0 Å². The van der Waals surface area contributed by atoms with Crippen LogP contribution < -0.4 is 0 Å². The first-order valence-corrected chi connectivity index (χ1v) is 15.3. The SMILES string of the molecule is C=C[CH2]/[Pd]=[c]1\n(-c2cccc(C(C)C)c2C(C)C)ccn1C1CCCCCCCCCCC1.Cl. The number of hydrogen-bond acceptors (Lipinski definition) is 0. The summed E-state index contributed by atoms with van der Waals surface area (Å²) in [5.41, 5.74) is 4.40. The molecule has 4 heteroatoms. The Morgan fingerprint density at radius 1 is 0.882 bits per heavy atom. The third kappa shape index (κ3) is 7.81. The largest absolute Gasteiger partial charge is 0.147 e. The molecule has 1 aromatic carbocycles. The van der Waals surface area contributed by atoms with Crippen LogP contribution in [0.1, 0.15) is 127 Å². The van der Waals surface area contributed by atoms with Gasteiger partial charge < -0.3 is 0 Å². The van der Waals surface area contributed by atoms with E-state index in [9.17, 15) is 0 Å². The maximum absolute atomic E-state index is 4.05. The Labute approximate surface area is 223 Å². The van der Waals surface area contributed by atoms with Gasteiger partial charge in [0.05, 0.1) is 0 Å². The van der Waals surface area contributed by atoms with Crippen LogP contribution in [-0.4, -0.2) is 9.13 Å². The van der Waals surface area contributed by atoms with Crippen LogP contribution in [0.3, 0.4) is 0 Å². The van der Waals surface area contributed by atoms with Crippen LogP contribution in [0.5, 0.6) is 0 Å². The predicted molar refractivity (Wildman–Crippen MR) is 147 cm³/mol. The summed E-state index contributed by atoms with van der Waals surface area (Å²) >= 11 is 0.519. The Bertz CT molecular complexity index is 926. The molecule has 1 fully saturated rings. The molecule has 1 heterocycles. The smallest absolute Gasteiger partial charge is 0.147 e. The Hall–Kier alpha value is -0.878. The van der Waals surface area contributed by atoms with Gasteiger partial charge in [0, 0.05) is 0 Å². The summed E-state index contributed by atoms with van der Waals surface area (Å²) in [4.78, 5) is 1.08. The topological polar surface area (TPSA) is 9.86 Å². The minimum Gasteiger partial charge on any atom is -0.147 e. The van der Waals surface area contributed by atoms with Gasteiger partial charge in [-0.15, -0.1) is 12.4 Å². The first-order chi connectivity index (χ1) is 16.0. The van der Waals surface area contributed by atoms with Gasteiger partial charge in [-0.05, 0) is 0 Å². The molecule has 1 aliphatic carbocycles. The van der Waals surface area contributed by atoms with Crippen molar-refractivity contribution in [3.63, 3.8) is 0 Å². The second kappa shape index (κ2) is 15.3. The van der Waals surface area contributed by atoms with Crippen molar-refractivity contribution >= 4 is 12.4 Å². The fraction of sp³-hybridized carbons (Fsp3) is 0.633. The van der Waals surface area contributed by atoms with Gasteiger partial charge in [-0.3, -0.25) is 0 Å². The average Bonchev–Trinajstić information content (AvgIpc) is 3.21. The summed E-state index contributed by atoms with van der Waals surface area (Å²) in [6.07, 6.45) is 22.2. The monoisotopic (exact) mass is 577 g/mol.